The predicted molar refractivity (Wildman–Crippen MR) is 451 cm³/mol. The van der Waals surface area contributed by atoms with Gasteiger partial charge in [-0.05, 0) is 174 Å². The van der Waals surface area contributed by atoms with Crippen LogP contribution in [0.4, 0.5) is 0 Å². The minimum absolute atomic E-state index is 0.106. The lowest BCUT2D eigenvalue weighted by Crippen LogP contribution is -2.47. The third-order valence-corrected chi connectivity index (χ3v) is 22.3. The lowest BCUT2D eigenvalue weighted by molar-refractivity contribution is -0.143. The average Bonchev–Trinajstić information content (AvgIpc) is 0.918. The zero-order valence-electron chi connectivity index (χ0n) is 69.3. The molecule has 4 N–H and O–H groups in total. The highest BCUT2D eigenvalue weighted by Crippen LogP contribution is 2.25. The van der Waals surface area contributed by atoms with E-state index < -0.39 is 18.2 Å². The Balaban J connectivity index is 2.88. The SMILES string of the molecule is CCCCCC/C=C\COC(=O)CCCCCCCN(CCCCCCCC(=O)OC/C=C\CCCCCC)CCCCSSCCC(NC(=O)CCCN(CC(O)CCCCCC(=O)OC/C=C\CCCCCC)CC(O)CCCCCC(=O)OC/C=C\CCCCCC)C(=O)NCCCCN1CCOCC1. The highest BCUT2D eigenvalue weighted by Gasteiger charge is 2.23. The van der Waals surface area contributed by atoms with E-state index in [4.69, 9.17) is 23.7 Å². The van der Waals surface area contributed by atoms with E-state index in [1.165, 1.54) is 89.9 Å². The summed E-state index contributed by atoms with van der Waals surface area (Å²) in [6.07, 6.45) is 61.3. The minimum Gasteiger partial charge on any atom is -0.461 e. The van der Waals surface area contributed by atoms with Crippen LogP contribution in [0, 0.1) is 0 Å². The molecule has 0 aromatic heterocycles. The quantitative estimate of drug-likeness (QED) is 0.0146. The Labute approximate surface area is 667 Å². The zero-order valence-corrected chi connectivity index (χ0v) is 70.9. The van der Waals surface area contributed by atoms with Crippen molar-refractivity contribution in [2.45, 2.75) is 361 Å². The van der Waals surface area contributed by atoms with Gasteiger partial charge in [0, 0.05) is 76.3 Å². The topological polar surface area (TPSA) is 223 Å². The van der Waals surface area contributed by atoms with Crippen molar-refractivity contribution >= 4 is 57.3 Å². The van der Waals surface area contributed by atoms with Crippen molar-refractivity contribution < 1.29 is 62.7 Å². The smallest absolute Gasteiger partial charge is 0.306 e. The number of morpholine rings is 1. The van der Waals surface area contributed by atoms with Gasteiger partial charge in [-0.25, -0.2) is 0 Å². The van der Waals surface area contributed by atoms with Crippen molar-refractivity contribution in [1.82, 2.24) is 25.3 Å². The van der Waals surface area contributed by atoms with Crippen molar-refractivity contribution in [2.75, 3.05) is 117 Å². The molecule has 3 atom stereocenters. The summed E-state index contributed by atoms with van der Waals surface area (Å²) in [5.41, 5.74) is 0. The zero-order chi connectivity index (χ0) is 78.3. The van der Waals surface area contributed by atoms with E-state index in [9.17, 15) is 39.0 Å². The van der Waals surface area contributed by atoms with Crippen LogP contribution in [0.3, 0.4) is 0 Å². The molecule has 1 heterocycles. The molecule has 0 radical (unpaired) electrons. The summed E-state index contributed by atoms with van der Waals surface area (Å²) in [7, 11) is 3.59. The summed E-state index contributed by atoms with van der Waals surface area (Å²) >= 11 is 0. The van der Waals surface area contributed by atoms with Gasteiger partial charge in [-0.15, -0.1) is 0 Å². The van der Waals surface area contributed by atoms with Gasteiger partial charge in [-0.3, -0.25) is 38.6 Å². The fourth-order valence-electron chi connectivity index (χ4n) is 13.0. The maximum absolute atomic E-state index is 13.9. The molecule has 1 fully saturated rings. The standard InChI is InChI=1S/C88H161N5O13S2/c1-5-9-13-17-21-31-48-70-103-84(97)57-39-27-25-29-44-63-91(64-45-30-26-28-40-58-85(98)104-71-49-32-22-18-14-10-6-2)66-47-52-76-107-108-77-61-82(88(101)89-62-43-46-65-92-68-74-102-75-69-92)90-83(96)56-53-67-93(78-80(94)54-37-35-41-59-86(99)105-72-50-33-23-19-15-11-7-3)79-81(95)55-38-36-42-60-87(100)106-73-51-34-24-20-16-12-8-4/h31-34,48-51,80-82,94-95H,5-30,35-47,52-79H2,1-4H3,(H,89,101)(H,90,96)/b48-31-,49-32-,50-33-,51-34-. The molecule has 0 bridgehead atoms. The normalized spacial score (nSPS) is 13.7. The number of hydrogen-bond acceptors (Lipinski definition) is 18. The minimum atomic E-state index is -0.678. The maximum Gasteiger partial charge on any atom is 0.306 e. The highest BCUT2D eigenvalue weighted by atomic mass is 33.1. The molecule has 20 heteroatoms. The molecule has 1 saturated heterocycles. The number of amides is 2. The summed E-state index contributed by atoms with van der Waals surface area (Å²) in [4.78, 5) is 84.4. The number of rotatable bonds is 80. The van der Waals surface area contributed by atoms with Gasteiger partial charge in [0.1, 0.15) is 32.5 Å². The van der Waals surface area contributed by atoms with Crippen molar-refractivity contribution in [3.8, 4) is 0 Å². The monoisotopic (exact) mass is 1560 g/mol. The molecular weight excluding hydrogens is 1400 g/mol. The van der Waals surface area contributed by atoms with E-state index in [-0.39, 0.29) is 42.1 Å². The Morgan fingerprint density at radius 1 is 0.398 bits per heavy atom. The molecule has 0 saturated carbocycles. The van der Waals surface area contributed by atoms with Gasteiger partial charge in [-0.2, -0.15) is 0 Å². The fourth-order valence-corrected chi connectivity index (χ4v) is 15.3. The van der Waals surface area contributed by atoms with E-state index >= 15 is 0 Å². The summed E-state index contributed by atoms with van der Waals surface area (Å²) < 4.78 is 27.2. The van der Waals surface area contributed by atoms with E-state index in [0.717, 1.165) is 212 Å². The Bertz CT molecular complexity index is 2110. The van der Waals surface area contributed by atoms with Crippen molar-refractivity contribution in [3.05, 3.63) is 48.6 Å². The second-order valence-corrected chi connectivity index (χ2v) is 32.7. The summed E-state index contributed by atoms with van der Waals surface area (Å²) in [5.74, 6) is 0.693. The lowest BCUT2D eigenvalue weighted by Gasteiger charge is -2.27. The highest BCUT2D eigenvalue weighted by molar-refractivity contribution is 8.76. The van der Waals surface area contributed by atoms with Crippen LogP contribution < -0.4 is 10.6 Å². The van der Waals surface area contributed by atoms with Crippen LogP contribution in [0.15, 0.2) is 48.6 Å². The first kappa shape index (κ1) is 102. The van der Waals surface area contributed by atoms with Crippen molar-refractivity contribution in [1.29, 1.82) is 0 Å². The van der Waals surface area contributed by atoms with E-state index in [1.54, 1.807) is 10.8 Å². The van der Waals surface area contributed by atoms with Crippen LogP contribution in [-0.4, -0.2) is 195 Å². The molecule has 628 valence electrons. The Kier molecular flexibility index (Phi) is 75.6. The van der Waals surface area contributed by atoms with Crippen LogP contribution in [-0.2, 0) is 52.5 Å². The van der Waals surface area contributed by atoms with E-state index in [0.29, 0.717) is 123 Å². The molecule has 3 unspecified atom stereocenters. The van der Waals surface area contributed by atoms with E-state index in [1.807, 2.05) is 40.0 Å². The largest absolute Gasteiger partial charge is 0.461 e. The molecular formula is C88H161N5O13S2. The Hall–Kier alpha value is -3.76. The van der Waals surface area contributed by atoms with Crippen LogP contribution in [0.25, 0.3) is 0 Å². The summed E-state index contributed by atoms with van der Waals surface area (Å²) in [6, 6.07) is -0.678. The summed E-state index contributed by atoms with van der Waals surface area (Å²) in [5, 5.41) is 28.9. The number of ether oxygens (including phenoxy) is 5. The first-order valence-electron chi connectivity index (χ1n) is 44.0. The first-order valence-corrected chi connectivity index (χ1v) is 46.5. The lowest BCUT2D eigenvalue weighted by atomic mass is 10.1. The van der Waals surface area contributed by atoms with Gasteiger partial charge < -0.3 is 49.4 Å². The number of unbranched alkanes of at least 4 members (excludes halogenated alkanes) is 30. The van der Waals surface area contributed by atoms with Gasteiger partial charge in [0.05, 0.1) is 25.4 Å². The van der Waals surface area contributed by atoms with Crippen molar-refractivity contribution in [2.24, 2.45) is 0 Å². The number of nitrogens with one attached hydrogen (secondary N) is 2. The third-order valence-electron chi connectivity index (χ3n) is 19.8. The molecule has 0 aromatic rings. The van der Waals surface area contributed by atoms with Gasteiger partial charge in [-0.1, -0.05) is 239 Å². The average molecular weight is 1560 g/mol. The number of esters is 4. The van der Waals surface area contributed by atoms with Gasteiger partial charge in [0.2, 0.25) is 11.8 Å². The van der Waals surface area contributed by atoms with Crippen LogP contribution in [0.2, 0.25) is 0 Å². The first-order chi connectivity index (χ1) is 52.9. The molecule has 2 amide bonds. The number of carbonyl (C=O) groups is 6. The molecule has 0 aliphatic carbocycles. The molecule has 108 heavy (non-hydrogen) atoms. The van der Waals surface area contributed by atoms with Crippen LogP contribution >= 0.6 is 21.6 Å². The number of nitrogens with zero attached hydrogens (tertiary/aromatic N) is 3. The Morgan fingerprint density at radius 3 is 1.19 bits per heavy atom. The number of allylic oxidation sites excluding steroid dienone is 4. The number of hydrogen-bond donors (Lipinski definition) is 4. The van der Waals surface area contributed by atoms with Crippen LogP contribution in [0.1, 0.15) is 342 Å². The predicted octanol–water partition coefficient (Wildman–Crippen LogP) is 19.2. The molecule has 0 spiro atoms. The molecule has 1 aliphatic heterocycles. The van der Waals surface area contributed by atoms with Crippen LogP contribution in [0.5, 0.6) is 0 Å². The number of aliphatic hydroxyl groups excluding tert-OH is 2. The Morgan fingerprint density at radius 2 is 0.769 bits per heavy atom. The van der Waals surface area contributed by atoms with Crippen molar-refractivity contribution in [3.63, 3.8) is 0 Å². The molecule has 0 aromatic carbocycles. The van der Waals surface area contributed by atoms with Gasteiger partial charge >= 0.3 is 23.9 Å². The second kappa shape index (κ2) is 79.9. The fraction of sp³-hybridized carbons (Fsp3) is 0.841. The summed E-state index contributed by atoms with van der Waals surface area (Å²) in [6.45, 7) is 19.3. The molecule has 1 aliphatic rings. The maximum atomic E-state index is 13.9. The van der Waals surface area contributed by atoms with E-state index in [2.05, 4.69) is 72.4 Å². The second-order valence-electron chi connectivity index (χ2n) is 30.0. The third kappa shape index (κ3) is 71.3. The molecule has 18 nitrogen and oxygen atoms in total. The number of aliphatic hydroxyl groups is 2. The number of carbonyl (C=O) groups excluding carboxylic acids is 6. The van der Waals surface area contributed by atoms with Gasteiger partial charge in [0.15, 0.2) is 0 Å². The molecule has 1 rings (SSSR count). The van der Waals surface area contributed by atoms with Gasteiger partial charge in [0.25, 0.3) is 0 Å².